The average Bonchev–Trinajstić information content (AvgIpc) is 2.97. The zero-order chi connectivity index (χ0) is 18.2. The summed E-state index contributed by atoms with van der Waals surface area (Å²) in [5, 5.41) is 0. The van der Waals surface area contributed by atoms with E-state index in [1.54, 1.807) is 0 Å². The Balaban J connectivity index is 2.42. The zero-order valence-corrected chi connectivity index (χ0v) is 16.3. The van der Waals surface area contributed by atoms with Gasteiger partial charge in [0.1, 0.15) is 0 Å². The number of rotatable bonds is 2. The average molecular weight is 332 g/mol. The molecule has 0 saturated carbocycles. The molecule has 25 heavy (non-hydrogen) atoms. The minimum absolute atomic E-state index is 0.0633. The lowest BCUT2D eigenvalue weighted by Gasteiger charge is -2.28. The van der Waals surface area contributed by atoms with E-state index in [0.29, 0.717) is 0 Å². The molecule has 0 radical (unpaired) electrons. The van der Waals surface area contributed by atoms with Crippen LogP contribution in [0.4, 0.5) is 0 Å². The minimum atomic E-state index is 0.0633. The second-order valence-corrected chi connectivity index (χ2v) is 8.84. The number of hydrogen-bond donors (Lipinski definition) is 0. The maximum absolute atomic E-state index is 2.37. The summed E-state index contributed by atoms with van der Waals surface area (Å²) < 4.78 is 2.37. The molecule has 0 aliphatic heterocycles. The molecule has 130 valence electrons. The molecule has 0 unspecified atom stereocenters. The largest absolute Gasteiger partial charge is 0.316 e. The van der Waals surface area contributed by atoms with Crippen LogP contribution >= 0.6 is 0 Å². The van der Waals surface area contributed by atoms with Crippen molar-refractivity contribution in [2.24, 2.45) is 0 Å². The summed E-state index contributed by atoms with van der Waals surface area (Å²) in [5.41, 5.74) is 6.80. The van der Waals surface area contributed by atoms with Crippen molar-refractivity contribution in [2.75, 3.05) is 0 Å². The highest BCUT2D eigenvalue weighted by Gasteiger charge is 2.32. The Hall–Kier alpha value is -2.28. The molecule has 0 atom stereocenters. The maximum Gasteiger partial charge on any atom is 0.0568 e. The number of para-hydroxylation sites is 1. The van der Waals surface area contributed by atoms with E-state index in [1.165, 1.54) is 28.1 Å². The minimum Gasteiger partial charge on any atom is -0.316 e. The van der Waals surface area contributed by atoms with Gasteiger partial charge < -0.3 is 4.57 Å². The molecule has 3 rings (SSSR count). The Bertz CT molecular complexity index is 841. The first-order valence-corrected chi connectivity index (χ1v) is 9.07. The van der Waals surface area contributed by atoms with Gasteiger partial charge in [0.05, 0.1) is 5.69 Å². The van der Waals surface area contributed by atoms with E-state index in [1.807, 2.05) is 0 Å². The third-order valence-electron chi connectivity index (χ3n) is 4.64. The van der Waals surface area contributed by atoms with Gasteiger partial charge in [-0.2, -0.15) is 0 Å². The first-order chi connectivity index (χ1) is 11.7. The third kappa shape index (κ3) is 3.42. The van der Waals surface area contributed by atoms with Crippen molar-refractivity contribution in [3.63, 3.8) is 0 Å². The predicted octanol–water partition coefficient (Wildman–Crippen LogP) is 6.74. The van der Waals surface area contributed by atoms with Crippen LogP contribution in [0.1, 0.15) is 52.7 Å². The molecule has 1 heterocycles. The Morgan fingerprint density at radius 1 is 0.640 bits per heavy atom. The highest BCUT2D eigenvalue weighted by molar-refractivity contribution is 5.71. The van der Waals surface area contributed by atoms with Gasteiger partial charge in [0.15, 0.2) is 0 Å². The Labute approximate surface area is 152 Å². The molecule has 1 nitrogen and oxygen atoms in total. The Kier molecular flexibility index (Phi) is 4.36. The standard InChI is InChI=1S/C24H29N/c1-23(2,3)20-17-25(19-15-11-8-12-16-19)22(21(20)24(4,5)6)18-13-9-7-10-14-18/h7-17H,1-6H3. The van der Waals surface area contributed by atoms with Crippen molar-refractivity contribution < 1.29 is 0 Å². The summed E-state index contributed by atoms with van der Waals surface area (Å²) in [7, 11) is 0. The van der Waals surface area contributed by atoms with Crippen LogP contribution in [-0.2, 0) is 10.8 Å². The van der Waals surface area contributed by atoms with E-state index in [-0.39, 0.29) is 10.8 Å². The highest BCUT2D eigenvalue weighted by atomic mass is 15.0. The first-order valence-electron chi connectivity index (χ1n) is 9.07. The SMILES string of the molecule is CC(C)(C)c1cn(-c2ccccc2)c(-c2ccccc2)c1C(C)(C)C. The molecule has 3 aromatic rings. The Morgan fingerprint density at radius 2 is 1.16 bits per heavy atom. The monoisotopic (exact) mass is 331 g/mol. The summed E-state index contributed by atoms with van der Waals surface area (Å²) in [6.07, 6.45) is 2.35. The predicted molar refractivity (Wildman–Crippen MR) is 109 cm³/mol. The first kappa shape index (κ1) is 17.5. The van der Waals surface area contributed by atoms with Gasteiger partial charge in [0.25, 0.3) is 0 Å². The van der Waals surface area contributed by atoms with Crippen LogP contribution < -0.4 is 0 Å². The fourth-order valence-corrected chi connectivity index (χ4v) is 3.51. The Morgan fingerprint density at radius 3 is 1.64 bits per heavy atom. The van der Waals surface area contributed by atoms with E-state index in [4.69, 9.17) is 0 Å². The van der Waals surface area contributed by atoms with Crippen LogP contribution in [-0.4, -0.2) is 4.57 Å². The molecule has 1 heteroatoms. The molecule has 0 fully saturated rings. The molecule has 0 N–H and O–H groups in total. The smallest absolute Gasteiger partial charge is 0.0568 e. The van der Waals surface area contributed by atoms with Gasteiger partial charge in [0, 0.05) is 11.9 Å². The molecule has 0 saturated heterocycles. The maximum atomic E-state index is 2.37. The van der Waals surface area contributed by atoms with Crippen molar-refractivity contribution in [3.05, 3.63) is 78.0 Å². The van der Waals surface area contributed by atoms with Crippen molar-refractivity contribution >= 4 is 0 Å². The van der Waals surface area contributed by atoms with Crippen molar-refractivity contribution in [3.8, 4) is 16.9 Å². The van der Waals surface area contributed by atoms with E-state index in [9.17, 15) is 0 Å². The second kappa shape index (κ2) is 6.22. The summed E-state index contributed by atoms with van der Waals surface area (Å²) in [5.74, 6) is 0. The topological polar surface area (TPSA) is 4.93 Å². The molecule has 0 amide bonds. The van der Waals surface area contributed by atoms with Gasteiger partial charge in [-0.3, -0.25) is 0 Å². The summed E-state index contributed by atoms with van der Waals surface area (Å²) in [6.45, 7) is 13.9. The van der Waals surface area contributed by atoms with Crippen LogP contribution in [0, 0.1) is 0 Å². The molecule has 0 aliphatic rings. The van der Waals surface area contributed by atoms with Gasteiger partial charge in [-0.15, -0.1) is 0 Å². The van der Waals surface area contributed by atoms with Gasteiger partial charge in [-0.1, -0.05) is 90.1 Å². The van der Waals surface area contributed by atoms with Crippen LogP contribution in [0.5, 0.6) is 0 Å². The molecule has 1 aromatic heterocycles. The summed E-state index contributed by atoms with van der Waals surface area (Å²) in [4.78, 5) is 0. The highest BCUT2D eigenvalue weighted by Crippen LogP contribution is 2.43. The number of aromatic nitrogens is 1. The van der Waals surface area contributed by atoms with Gasteiger partial charge in [-0.25, -0.2) is 0 Å². The molecule has 0 aliphatic carbocycles. The zero-order valence-electron chi connectivity index (χ0n) is 16.3. The lowest BCUT2D eigenvalue weighted by molar-refractivity contribution is 0.535. The van der Waals surface area contributed by atoms with Gasteiger partial charge >= 0.3 is 0 Å². The second-order valence-electron chi connectivity index (χ2n) is 8.84. The summed E-state index contributed by atoms with van der Waals surface area (Å²) in [6, 6.07) is 21.4. The van der Waals surface area contributed by atoms with E-state index in [2.05, 4.69) is 113 Å². The molecule has 2 aromatic carbocycles. The molecule has 0 spiro atoms. The normalized spacial score (nSPS) is 12.4. The number of hydrogen-bond acceptors (Lipinski definition) is 0. The van der Waals surface area contributed by atoms with Crippen molar-refractivity contribution in [1.29, 1.82) is 0 Å². The third-order valence-corrected chi connectivity index (χ3v) is 4.64. The van der Waals surface area contributed by atoms with E-state index in [0.717, 1.165) is 0 Å². The van der Waals surface area contributed by atoms with Crippen molar-refractivity contribution in [2.45, 2.75) is 52.4 Å². The number of benzene rings is 2. The van der Waals surface area contributed by atoms with E-state index < -0.39 is 0 Å². The fraction of sp³-hybridized carbons (Fsp3) is 0.333. The lowest BCUT2D eigenvalue weighted by Crippen LogP contribution is -2.20. The van der Waals surface area contributed by atoms with Gasteiger partial charge in [0.2, 0.25) is 0 Å². The molecular weight excluding hydrogens is 302 g/mol. The molecular formula is C24H29N. The van der Waals surface area contributed by atoms with Crippen LogP contribution in [0.15, 0.2) is 66.9 Å². The van der Waals surface area contributed by atoms with Gasteiger partial charge in [-0.05, 0) is 39.7 Å². The lowest BCUT2D eigenvalue weighted by atomic mass is 9.76. The van der Waals surface area contributed by atoms with Crippen molar-refractivity contribution in [1.82, 2.24) is 4.57 Å². The van der Waals surface area contributed by atoms with Crippen LogP contribution in [0.3, 0.4) is 0 Å². The van der Waals surface area contributed by atoms with Crippen LogP contribution in [0.2, 0.25) is 0 Å². The quantitative estimate of drug-likeness (QED) is 0.490. The van der Waals surface area contributed by atoms with Crippen LogP contribution in [0.25, 0.3) is 16.9 Å². The number of nitrogens with zero attached hydrogens (tertiary/aromatic N) is 1. The fourth-order valence-electron chi connectivity index (χ4n) is 3.51. The van der Waals surface area contributed by atoms with E-state index >= 15 is 0 Å². The molecule has 0 bridgehead atoms. The summed E-state index contributed by atoms with van der Waals surface area (Å²) >= 11 is 0.